The van der Waals surface area contributed by atoms with Crippen molar-refractivity contribution >= 4 is 46.7 Å². The van der Waals surface area contributed by atoms with Gasteiger partial charge in [0, 0.05) is 0 Å². The van der Waals surface area contributed by atoms with Crippen LogP contribution in [0.15, 0.2) is 0 Å². The molecule has 0 fully saturated rings. The average Bonchev–Trinajstić information content (AvgIpc) is 2.24. The molecular weight excluding hydrogens is 302 g/mol. The normalized spacial score (nSPS) is 13.1. The van der Waals surface area contributed by atoms with Crippen molar-refractivity contribution in [3.05, 3.63) is 0 Å². The van der Waals surface area contributed by atoms with Crippen LogP contribution in [-0.2, 0) is 14.3 Å². The van der Waals surface area contributed by atoms with Gasteiger partial charge in [-0.1, -0.05) is 61.0 Å². The lowest BCUT2D eigenvalue weighted by Gasteiger charge is -2.14. The van der Waals surface area contributed by atoms with Gasteiger partial charge >= 0.3 is 11.9 Å². The molecule has 106 valence electrons. The molecule has 18 heavy (non-hydrogen) atoms. The van der Waals surface area contributed by atoms with E-state index in [1.165, 1.54) is 0 Å². The van der Waals surface area contributed by atoms with E-state index in [0.29, 0.717) is 6.42 Å². The number of halogens is 3. The molecule has 0 saturated heterocycles. The number of hydrogen-bond acceptors (Lipinski definition) is 3. The summed E-state index contributed by atoms with van der Waals surface area (Å²) < 4.78 is 3.03. The molecule has 0 aromatic heterocycles. The Balaban J connectivity index is 4.08. The zero-order valence-corrected chi connectivity index (χ0v) is 12.4. The van der Waals surface area contributed by atoms with Gasteiger partial charge in [-0.2, -0.15) is 0 Å². The zero-order valence-electron chi connectivity index (χ0n) is 10.1. The summed E-state index contributed by atoms with van der Waals surface area (Å²) in [6, 6.07) is 0. The van der Waals surface area contributed by atoms with Gasteiger partial charge in [0.25, 0.3) is 0 Å². The third-order valence-electron chi connectivity index (χ3n) is 2.32. The van der Waals surface area contributed by atoms with Crippen LogP contribution in [0.4, 0.5) is 0 Å². The van der Waals surface area contributed by atoms with Gasteiger partial charge in [0.1, 0.15) is 6.61 Å². The Bertz CT molecular complexity index is 276. The minimum atomic E-state index is -1.67. The van der Waals surface area contributed by atoms with Crippen molar-refractivity contribution in [3.8, 4) is 0 Å². The molecule has 0 aromatic rings. The number of esters is 1. The molecule has 4 nitrogen and oxygen atoms in total. The number of ether oxygens (including phenoxy) is 1. The van der Waals surface area contributed by atoms with Gasteiger partial charge in [0.2, 0.25) is 3.79 Å². The number of unbranched alkanes of at least 4 members (excludes halogenated alkanes) is 2. The van der Waals surface area contributed by atoms with E-state index in [-0.39, 0.29) is 13.0 Å². The first-order valence-corrected chi connectivity index (χ1v) is 6.84. The van der Waals surface area contributed by atoms with Crippen molar-refractivity contribution in [2.24, 2.45) is 5.92 Å². The van der Waals surface area contributed by atoms with Crippen molar-refractivity contribution in [2.75, 3.05) is 6.61 Å². The summed E-state index contributed by atoms with van der Waals surface area (Å²) >= 11 is 16.2. The van der Waals surface area contributed by atoms with Gasteiger partial charge < -0.3 is 9.84 Å². The van der Waals surface area contributed by atoms with E-state index in [1.54, 1.807) is 0 Å². The standard InChI is InChI=1S/C11H17Cl3O4/c1-2-3-4-5-8(10(16)17)6-9(15)18-7-11(12,13)14/h8H,2-7H2,1H3,(H,16,17)/t8-/m1/s1. The number of rotatable bonds is 8. The Labute approximate surface area is 122 Å². The summed E-state index contributed by atoms with van der Waals surface area (Å²) in [7, 11) is 0. The van der Waals surface area contributed by atoms with Gasteiger partial charge in [0.15, 0.2) is 0 Å². The van der Waals surface area contributed by atoms with Crippen molar-refractivity contribution < 1.29 is 19.4 Å². The topological polar surface area (TPSA) is 63.6 Å². The van der Waals surface area contributed by atoms with E-state index in [1.807, 2.05) is 6.92 Å². The lowest BCUT2D eigenvalue weighted by Crippen LogP contribution is -2.22. The van der Waals surface area contributed by atoms with Crippen molar-refractivity contribution in [3.63, 3.8) is 0 Å². The summed E-state index contributed by atoms with van der Waals surface area (Å²) in [4.78, 5) is 22.3. The van der Waals surface area contributed by atoms with Crippen LogP contribution in [0.1, 0.15) is 39.0 Å². The molecule has 0 spiro atoms. The Morgan fingerprint density at radius 2 is 1.89 bits per heavy atom. The maximum absolute atomic E-state index is 11.4. The van der Waals surface area contributed by atoms with Crippen LogP contribution in [0.3, 0.4) is 0 Å². The van der Waals surface area contributed by atoms with E-state index >= 15 is 0 Å². The highest BCUT2D eigenvalue weighted by Crippen LogP contribution is 2.26. The molecule has 0 amide bonds. The molecule has 0 rings (SSSR count). The lowest BCUT2D eigenvalue weighted by molar-refractivity contribution is -0.151. The lowest BCUT2D eigenvalue weighted by atomic mass is 9.98. The maximum atomic E-state index is 11.4. The fourth-order valence-electron chi connectivity index (χ4n) is 1.38. The quantitative estimate of drug-likeness (QED) is 0.422. The van der Waals surface area contributed by atoms with E-state index in [4.69, 9.17) is 44.6 Å². The van der Waals surface area contributed by atoms with Gasteiger partial charge in [-0.3, -0.25) is 9.59 Å². The maximum Gasteiger partial charge on any atom is 0.307 e. The van der Waals surface area contributed by atoms with E-state index < -0.39 is 21.6 Å². The highest BCUT2D eigenvalue weighted by atomic mass is 35.6. The van der Waals surface area contributed by atoms with E-state index in [0.717, 1.165) is 19.3 Å². The molecule has 0 radical (unpaired) electrons. The Morgan fingerprint density at radius 1 is 1.28 bits per heavy atom. The highest BCUT2D eigenvalue weighted by Gasteiger charge is 2.25. The summed E-state index contributed by atoms with van der Waals surface area (Å²) in [6.07, 6.45) is 2.95. The molecule has 7 heteroatoms. The fourth-order valence-corrected chi connectivity index (χ4v) is 1.54. The third-order valence-corrected chi connectivity index (χ3v) is 2.64. The van der Waals surface area contributed by atoms with Crippen molar-refractivity contribution in [1.82, 2.24) is 0 Å². The Hall–Kier alpha value is -0.190. The first-order valence-electron chi connectivity index (χ1n) is 5.71. The second kappa shape index (κ2) is 8.83. The van der Waals surface area contributed by atoms with Crippen LogP contribution in [0, 0.1) is 5.92 Å². The summed E-state index contributed by atoms with van der Waals surface area (Å²) in [5.41, 5.74) is 0. The third kappa shape index (κ3) is 9.80. The number of carboxylic acids is 1. The largest absolute Gasteiger partial charge is 0.481 e. The highest BCUT2D eigenvalue weighted by molar-refractivity contribution is 6.67. The molecule has 1 atom stereocenters. The first kappa shape index (κ1) is 17.8. The molecule has 0 bridgehead atoms. The predicted octanol–water partition coefficient (Wildman–Crippen LogP) is 3.57. The minimum absolute atomic E-state index is 0.195. The number of carbonyl (C=O) groups excluding carboxylic acids is 1. The smallest absolute Gasteiger partial charge is 0.307 e. The van der Waals surface area contributed by atoms with Gasteiger partial charge in [-0.05, 0) is 6.42 Å². The molecule has 0 aliphatic carbocycles. The number of carboxylic acid groups (broad SMARTS) is 1. The Morgan fingerprint density at radius 3 is 2.33 bits per heavy atom. The van der Waals surface area contributed by atoms with Crippen molar-refractivity contribution in [2.45, 2.75) is 42.8 Å². The SMILES string of the molecule is CCCCC[C@H](CC(=O)OCC(Cl)(Cl)Cl)C(=O)O. The van der Waals surface area contributed by atoms with Gasteiger partial charge in [-0.25, -0.2) is 0 Å². The minimum Gasteiger partial charge on any atom is -0.481 e. The van der Waals surface area contributed by atoms with Gasteiger partial charge in [-0.15, -0.1) is 0 Å². The Kier molecular flexibility index (Phi) is 8.74. The van der Waals surface area contributed by atoms with E-state index in [2.05, 4.69) is 0 Å². The second-order valence-corrected chi connectivity index (χ2v) is 6.53. The molecule has 1 N–H and O–H groups in total. The summed E-state index contributed by atoms with van der Waals surface area (Å²) in [5.74, 6) is -2.40. The van der Waals surface area contributed by atoms with Crippen LogP contribution in [0.2, 0.25) is 0 Å². The zero-order chi connectivity index (χ0) is 14.2. The number of alkyl halides is 3. The summed E-state index contributed by atoms with van der Waals surface area (Å²) in [5, 5.41) is 8.96. The molecule has 0 aromatic carbocycles. The molecule has 0 aliphatic rings. The molecule has 0 unspecified atom stereocenters. The van der Waals surface area contributed by atoms with Crippen LogP contribution >= 0.6 is 34.8 Å². The predicted molar refractivity (Wildman–Crippen MR) is 71.1 cm³/mol. The molecule has 0 heterocycles. The van der Waals surface area contributed by atoms with Crippen LogP contribution in [-0.4, -0.2) is 27.4 Å². The second-order valence-electron chi connectivity index (χ2n) is 4.01. The number of carbonyl (C=O) groups is 2. The fraction of sp³-hybridized carbons (Fsp3) is 0.818. The first-order chi connectivity index (χ1) is 8.26. The summed E-state index contributed by atoms with van der Waals surface area (Å²) in [6.45, 7) is 1.64. The molecular formula is C11H17Cl3O4. The molecule has 0 aliphatic heterocycles. The van der Waals surface area contributed by atoms with Crippen LogP contribution in [0.25, 0.3) is 0 Å². The number of hydrogen-bond donors (Lipinski definition) is 1. The van der Waals surface area contributed by atoms with Gasteiger partial charge in [0.05, 0.1) is 12.3 Å². The van der Waals surface area contributed by atoms with Crippen molar-refractivity contribution in [1.29, 1.82) is 0 Å². The molecule has 0 saturated carbocycles. The monoisotopic (exact) mass is 318 g/mol. The van der Waals surface area contributed by atoms with E-state index in [9.17, 15) is 9.59 Å². The van der Waals surface area contributed by atoms with Crippen LogP contribution < -0.4 is 0 Å². The number of aliphatic carboxylic acids is 1. The van der Waals surface area contributed by atoms with Crippen LogP contribution in [0.5, 0.6) is 0 Å². The average molecular weight is 320 g/mol.